The second-order valence-corrected chi connectivity index (χ2v) is 10.9. The van der Waals surface area contributed by atoms with Crippen molar-refractivity contribution in [3.63, 3.8) is 0 Å². The van der Waals surface area contributed by atoms with E-state index in [1.54, 1.807) is 18.2 Å². The molecule has 0 bridgehead atoms. The predicted octanol–water partition coefficient (Wildman–Crippen LogP) is 2.77. The molecule has 10 heteroatoms. The van der Waals surface area contributed by atoms with E-state index in [4.69, 9.17) is 5.73 Å². The number of fused-ring (bicyclic) bond motifs is 1. The van der Waals surface area contributed by atoms with E-state index in [9.17, 15) is 8.42 Å². The van der Waals surface area contributed by atoms with Gasteiger partial charge in [0.05, 0.1) is 10.4 Å². The number of aromatic nitrogens is 3. The zero-order valence-corrected chi connectivity index (χ0v) is 20.7. The summed E-state index contributed by atoms with van der Waals surface area (Å²) in [6.07, 6.45) is 3.16. The lowest BCUT2D eigenvalue weighted by Crippen LogP contribution is -2.44. The first-order valence-electron chi connectivity index (χ1n) is 11.5. The zero-order valence-electron chi connectivity index (χ0n) is 19.8. The first kappa shape index (κ1) is 23.1. The van der Waals surface area contributed by atoms with E-state index in [-0.39, 0.29) is 12.5 Å². The van der Waals surface area contributed by atoms with E-state index >= 15 is 0 Å². The van der Waals surface area contributed by atoms with Gasteiger partial charge >= 0.3 is 0 Å². The Morgan fingerprint density at radius 1 is 0.943 bits per heavy atom. The molecule has 1 aliphatic heterocycles. The van der Waals surface area contributed by atoms with Gasteiger partial charge in [0.25, 0.3) is 0 Å². The number of hydrogen-bond acceptors (Lipinski definition) is 8. The fraction of sp³-hybridized carbons (Fsp3) is 0.280. The van der Waals surface area contributed by atoms with Crippen LogP contribution in [0.3, 0.4) is 0 Å². The molecule has 2 aromatic heterocycles. The molecule has 0 amide bonds. The highest BCUT2D eigenvalue weighted by molar-refractivity contribution is 7.90. The van der Waals surface area contributed by atoms with Crippen molar-refractivity contribution in [3.8, 4) is 5.69 Å². The van der Waals surface area contributed by atoms with Gasteiger partial charge < -0.3 is 25.4 Å². The van der Waals surface area contributed by atoms with Crippen LogP contribution in [0.15, 0.2) is 65.7 Å². The van der Waals surface area contributed by atoms with Crippen molar-refractivity contribution in [2.45, 2.75) is 11.4 Å². The molecule has 3 heterocycles. The average molecular weight is 492 g/mol. The van der Waals surface area contributed by atoms with Crippen LogP contribution in [0.25, 0.3) is 16.7 Å². The van der Waals surface area contributed by atoms with E-state index < -0.39 is 9.84 Å². The van der Waals surface area contributed by atoms with Crippen LogP contribution in [0, 0.1) is 0 Å². The van der Waals surface area contributed by atoms with E-state index in [1.807, 2.05) is 22.9 Å². The number of nitrogen functional groups attached to an aromatic ring is 1. The molecule has 3 N–H and O–H groups in total. The number of nitrogens with zero attached hydrogens (tertiary/aromatic N) is 5. The Kier molecular flexibility index (Phi) is 6.08. The number of likely N-dealkylation sites (N-methyl/N-ethyl adjacent to an activating group) is 1. The van der Waals surface area contributed by atoms with Crippen LogP contribution in [0.1, 0.15) is 5.56 Å². The van der Waals surface area contributed by atoms with Gasteiger partial charge in [0, 0.05) is 56.6 Å². The molecule has 2 aromatic carbocycles. The minimum atomic E-state index is -3.35. The van der Waals surface area contributed by atoms with Crippen LogP contribution in [0.4, 0.5) is 17.5 Å². The summed E-state index contributed by atoms with van der Waals surface area (Å²) in [6.45, 7) is 4.42. The maximum Gasteiger partial charge on any atom is 0.222 e. The number of anilines is 3. The van der Waals surface area contributed by atoms with Crippen molar-refractivity contribution in [2.24, 2.45) is 0 Å². The fourth-order valence-electron chi connectivity index (χ4n) is 4.48. The summed E-state index contributed by atoms with van der Waals surface area (Å²) in [5.41, 5.74) is 10.3. The lowest BCUT2D eigenvalue weighted by atomic mass is 10.2. The Balaban J connectivity index is 1.46. The molecule has 0 spiro atoms. The van der Waals surface area contributed by atoms with E-state index in [0.717, 1.165) is 37.4 Å². The summed E-state index contributed by atoms with van der Waals surface area (Å²) < 4.78 is 26.4. The molecule has 4 aromatic rings. The number of sulfone groups is 1. The molecular weight excluding hydrogens is 462 g/mol. The molecule has 0 radical (unpaired) electrons. The molecule has 0 saturated carbocycles. The third kappa shape index (κ3) is 4.80. The highest BCUT2D eigenvalue weighted by atomic mass is 32.2. The predicted molar refractivity (Wildman–Crippen MR) is 140 cm³/mol. The highest BCUT2D eigenvalue weighted by Crippen LogP contribution is 2.28. The summed E-state index contributed by atoms with van der Waals surface area (Å²) in [5.74, 6) is 0.698. The molecular formula is C25H29N7O2S. The molecule has 0 unspecified atom stereocenters. The fourth-order valence-corrected chi connectivity index (χ4v) is 5.42. The van der Waals surface area contributed by atoms with Crippen molar-refractivity contribution < 1.29 is 8.42 Å². The normalized spacial score (nSPS) is 15.0. The van der Waals surface area contributed by atoms with Gasteiger partial charge in [0.2, 0.25) is 5.95 Å². The van der Waals surface area contributed by atoms with Gasteiger partial charge in [-0.2, -0.15) is 4.98 Å². The summed E-state index contributed by atoms with van der Waals surface area (Å²) in [4.78, 5) is 13.9. The Morgan fingerprint density at radius 3 is 2.34 bits per heavy atom. The SMILES string of the molecule is CN1CCN(c2ccc(-n3ccc4nc(N)nc(NCc5ccccc5S(C)(=O)=O)c43)cc2)CC1. The van der Waals surface area contributed by atoms with Crippen LogP contribution in [0.2, 0.25) is 0 Å². The number of hydrogen-bond donors (Lipinski definition) is 2. The van der Waals surface area contributed by atoms with Crippen LogP contribution >= 0.6 is 0 Å². The van der Waals surface area contributed by atoms with Crippen LogP contribution < -0.4 is 16.0 Å². The second-order valence-electron chi connectivity index (χ2n) is 8.89. The molecule has 35 heavy (non-hydrogen) atoms. The van der Waals surface area contributed by atoms with Gasteiger partial charge in [0.15, 0.2) is 15.7 Å². The van der Waals surface area contributed by atoms with Gasteiger partial charge in [0.1, 0.15) is 5.52 Å². The van der Waals surface area contributed by atoms with Crippen LogP contribution in [-0.2, 0) is 16.4 Å². The summed E-state index contributed by atoms with van der Waals surface area (Å²) in [7, 11) is -1.20. The molecule has 1 saturated heterocycles. The standard InChI is InChI=1S/C25H29N7O2S/c1-30-13-15-31(16-14-30)19-7-9-20(10-8-19)32-12-11-21-23(32)24(29-25(26)28-21)27-17-18-5-3-4-6-22(18)35(2,33)34/h3-12H,13-17H2,1-2H3,(H3,26,27,28,29). The third-order valence-corrected chi connectivity index (χ3v) is 7.56. The Bertz CT molecular complexity index is 1460. The van der Waals surface area contributed by atoms with Crippen LogP contribution in [-0.4, -0.2) is 67.3 Å². The van der Waals surface area contributed by atoms with Crippen molar-refractivity contribution in [2.75, 3.05) is 55.4 Å². The van der Waals surface area contributed by atoms with Gasteiger partial charge in [-0.3, -0.25) is 0 Å². The van der Waals surface area contributed by atoms with Gasteiger partial charge in [-0.25, -0.2) is 13.4 Å². The molecule has 182 valence electrons. The van der Waals surface area contributed by atoms with Crippen molar-refractivity contribution in [3.05, 3.63) is 66.4 Å². The Hall–Kier alpha value is -3.63. The Labute approximate surface area is 205 Å². The summed E-state index contributed by atoms with van der Waals surface area (Å²) in [5, 5.41) is 3.29. The number of rotatable bonds is 6. The zero-order chi connectivity index (χ0) is 24.6. The van der Waals surface area contributed by atoms with E-state index in [0.29, 0.717) is 21.8 Å². The molecule has 1 aliphatic rings. The topological polar surface area (TPSA) is 109 Å². The summed E-state index contributed by atoms with van der Waals surface area (Å²) in [6, 6.07) is 17.3. The molecule has 1 fully saturated rings. The van der Waals surface area contributed by atoms with Crippen molar-refractivity contribution in [1.82, 2.24) is 19.4 Å². The van der Waals surface area contributed by atoms with Crippen molar-refractivity contribution in [1.29, 1.82) is 0 Å². The summed E-state index contributed by atoms with van der Waals surface area (Å²) >= 11 is 0. The molecule has 0 atom stereocenters. The van der Waals surface area contributed by atoms with E-state index in [1.165, 1.54) is 11.9 Å². The van der Waals surface area contributed by atoms with Gasteiger partial charge in [-0.05, 0) is 49.0 Å². The minimum Gasteiger partial charge on any atom is -0.369 e. The lowest BCUT2D eigenvalue weighted by molar-refractivity contribution is 0.313. The first-order valence-corrected chi connectivity index (χ1v) is 13.4. The smallest absolute Gasteiger partial charge is 0.222 e. The monoisotopic (exact) mass is 491 g/mol. The number of benzene rings is 2. The van der Waals surface area contributed by atoms with Crippen LogP contribution in [0.5, 0.6) is 0 Å². The van der Waals surface area contributed by atoms with E-state index in [2.05, 4.69) is 56.4 Å². The number of nitrogens with two attached hydrogens (primary N) is 1. The Morgan fingerprint density at radius 2 is 1.63 bits per heavy atom. The molecule has 5 rings (SSSR count). The van der Waals surface area contributed by atoms with Gasteiger partial charge in [-0.15, -0.1) is 0 Å². The maximum atomic E-state index is 12.2. The average Bonchev–Trinajstić information content (AvgIpc) is 3.26. The third-order valence-electron chi connectivity index (χ3n) is 6.37. The first-order chi connectivity index (χ1) is 16.8. The largest absolute Gasteiger partial charge is 0.369 e. The highest BCUT2D eigenvalue weighted by Gasteiger charge is 2.17. The minimum absolute atomic E-state index is 0.152. The van der Waals surface area contributed by atoms with Gasteiger partial charge in [-0.1, -0.05) is 18.2 Å². The molecule has 0 aliphatic carbocycles. The quantitative estimate of drug-likeness (QED) is 0.424. The maximum absolute atomic E-state index is 12.2. The molecule has 9 nitrogen and oxygen atoms in total. The number of piperazine rings is 1. The second kappa shape index (κ2) is 9.20. The van der Waals surface area contributed by atoms with Crippen molar-refractivity contribution >= 4 is 38.3 Å². The number of nitrogens with one attached hydrogen (secondary N) is 1. The lowest BCUT2D eigenvalue weighted by Gasteiger charge is -2.34.